The number of hydrogen-bond acceptors (Lipinski definition) is 6. The number of fused-ring (bicyclic) bond motifs is 1. The maximum atomic E-state index is 11.5. The quantitative estimate of drug-likeness (QED) is 0.628. The average molecular weight is 444 g/mol. The van der Waals surface area contributed by atoms with E-state index in [4.69, 9.17) is 0 Å². The number of anilines is 1. The minimum atomic E-state index is 0.0570. The maximum absolute atomic E-state index is 11.5. The Morgan fingerprint density at radius 2 is 2.07 bits per heavy atom. The van der Waals surface area contributed by atoms with E-state index in [2.05, 4.69) is 46.4 Å². The van der Waals surface area contributed by atoms with Crippen molar-refractivity contribution in [1.82, 2.24) is 29.6 Å². The maximum Gasteiger partial charge on any atom is 0.233 e. The molecule has 1 amide bonds. The lowest BCUT2D eigenvalue weighted by Crippen LogP contribution is -2.43. The van der Waals surface area contributed by atoms with E-state index in [1.807, 2.05) is 35.0 Å². The van der Waals surface area contributed by atoms with Crippen LogP contribution in [-0.4, -0.2) is 62.9 Å². The van der Waals surface area contributed by atoms with Crippen molar-refractivity contribution >= 4 is 33.4 Å². The van der Waals surface area contributed by atoms with Gasteiger partial charge >= 0.3 is 0 Å². The van der Waals surface area contributed by atoms with E-state index < -0.39 is 0 Å². The number of carbonyl (C=O) groups excluding carboxylic acids is 1. The number of pyridine rings is 1. The summed E-state index contributed by atoms with van der Waals surface area (Å²) in [6.45, 7) is 2.22. The van der Waals surface area contributed by atoms with Crippen LogP contribution in [0.1, 0.15) is 12.8 Å². The Bertz CT molecular complexity index is 981. The van der Waals surface area contributed by atoms with E-state index in [-0.39, 0.29) is 5.91 Å². The van der Waals surface area contributed by atoms with Gasteiger partial charge in [0, 0.05) is 44.8 Å². The van der Waals surface area contributed by atoms with Crippen LogP contribution in [0.3, 0.4) is 0 Å². The summed E-state index contributed by atoms with van der Waals surface area (Å²) in [6, 6.07) is 6.10. The largest absolute Gasteiger partial charge is 0.358 e. The summed E-state index contributed by atoms with van der Waals surface area (Å²) < 4.78 is 2.91. The number of carbonyl (C=O) groups is 1. The number of nitrogens with zero attached hydrogens (tertiary/aromatic N) is 5. The van der Waals surface area contributed by atoms with Crippen molar-refractivity contribution in [2.75, 3.05) is 32.0 Å². The number of imidazole rings is 1. The monoisotopic (exact) mass is 443 g/mol. The van der Waals surface area contributed by atoms with Crippen molar-refractivity contribution in [3.05, 3.63) is 41.3 Å². The molecule has 0 unspecified atom stereocenters. The highest BCUT2D eigenvalue weighted by molar-refractivity contribution is 9.10. The summed E-state index contributed by atoms with van der Waals surface area (Å²) in [5.74, 6) is 0.667. The molecule has 0 spiro atoms. The van der Waals surface area contributed by atoms with E-state index in [0.29, 0.717) is 18.5 Å². The van der Waals surface area contributed by atoms with E-state index in [9.17, 15) is 4.79 Å². The zero-order valence-electron chi connectivity index (χ0n) is 15.6. The van der Waals surface area contributed by atoms with Crippen molar-refractivity contribution in [2.45, 2.75) is 18.9 Å². The summed E-state index contributed by atoms with van der Waals surface area (Å²) >= 11 is 3.53. The van der Waals surface area contributed by atoms with Gasteiger partial charge in [-0.1, -0.05) is 0 Å². The third-order valence-corrected chi connectivity index (χ3v) is 5.54. The van der Waals surface area contributed by atoms with Crippen LogP contribution < -0.4 is 10.6 Å². The van der Waals surface area contributed by atoms with Gasteiger partial charge in [0.25, 0.3) is 0 Å². The number of likely N-dealkylation sites (tertiary alicyclic amines) is 1. The van der Waals surface area contributed by atoms with Gasteiger partial charge in [-0.3, -0.25) is 9.69 Å². The summed E-state index contributed by atoms with van der Waals surface area (Å²) in [4.78, 5) is 27.4. The van der Waals surface area contributed by atoms with Crippen molar-refractivity contribution in [2.24, 2.45) is 0 Å². The molecule has 146 valence electrons. The van der Waals surface area contributed by atoms with Crippen LogP contribution in [0.25, 0.3) is 17.0 Å². The molecule has 3 aromatic heterocycles. The first-order valence-corrected chi connectivity index (χ1v) is 10.1. The molecule has 0 atom stereocenters. The molecule has 8 nitrogen and oxygen atoms in total. The van der Waals surface area contributed by atoms with Crippen molar-refractivity contribution in [3.8, 4) is 11.4 Å². The lowest BCUT2D eigenvalue weighted by atomic mass is 10.1. The number of likely N-dealkylation sites (N-methyl/N-ethyl adjacent to an activating group) is 1. The molecule has 1 saturated heterocycles. The van der Waals surface area contributed by atoms with E-state index >= 15 is 0 Å². The number of hydrogen-bond donors (Lipinski definition) is 2. The highest BCUT2D eigenvalue weighted by Gasteiger charge is 2.21. The van der Waals surface area contributed by atoms with E-state index in [1.165, 1.54) is 0 Å². The zero-order chi connectivity index (χ0) is 19.5. The molecule has 4 rings (SSSR count). The van der Waals surface area contributed by atoms with Crippen LogP contribution in [0, 0.1) is 0 Å². The standard InChI is InChI=1S/C19H22BrN7O/c1-21-17(28)12-26-9-5-13(6-10-26)23-19-22-7-4-15(25-19)16-11-27-8-2-3-14(20)18(27)24-16/h2-4,7-8,11,13H,5-6,9-10,12H2,1H3,(H,21,28)(H,22,23,25). The van der Waals surface area contributed by atoms with Crippen molar-refractivity contribution < 1.29 is 4.79 Å². The number of aromatic nitrogens is 4. The molecular formula is C19H22BrN7O. The number of rotatable bonds is 5. The Labute approximate surface area is 171 Å². The Balaban J connectivity index is 1.43. The lowest BCUT2D eigenvalue weighted by molar-refractivity contribution is -0.122. The fourth-order valence-corrected chi connectivity index (χ4v) is 3.82. The van der Waals surface area contributed by atoms with Gasteiger partial charge in [0.1, 0.15) is 5.69 Å². The number of piperidine rings is 1. The molecule has 1 aliphatic rings. The fourth-order valence-electron chi connectivity index (χ4n) is 3.37. The first-order valence-electron chi connectivity index (χ1n) is 9.28. The molecule has 0 aromatic carbocycles. The molecule has 3 aromatic rings. The Hall–Kier alpha value is -2.52. The normalized spacial score (nSPS) is 15.6. The molecule has 4 heterocycles. The molecule has 28 heavy (non-hydrogen) atoms. The van der Waals surface area contributed by atoms with Gasteiger partial charge in [-0.2, -0.15) is 0 Å². The second kappa shape index (κ2) is 8.24. The summed E-state index contributed by atoms with van der Waals surface area (Å²) in [7, 11) is 1.67. The van der Waals surface area contributed by atoms with Gasteiger partial charge < -0.3 is 15.0 Å². The lowest BCUT2D eigenvalue weighted by Gasteiger charge is -2.31. The molecule has 1 fully saturated rings. The Kier molecular flexibility index (Phi) is 5.54. The molecule has 0 aliphatic carbocycles. The van der Waals surface area contributed by atoms with Crippen LogP contribution in [0.5, 0.6) is 0 Å². The van der Waals surface area contributed by atoms with Gasteiger partial charge in [-0.25, -0.2) is 15.0 Å². The van der Waals surface area contributed by atoms with Gasteiger partial charge in [0.2, 0.25) is 11.9 Å². The molecule has 0 bridgehead atoms. The van der Waals surface area contributed by atoms with Gasteiger partial charge in [-0.15, -0.1) is 0 Å². The van der Waals surface area contributed by atoms with Gasteiger partial charge in [0.05, 0.1) is 16.7 Å². The molecule has 9 heteroatoms. The van der Waals surface area contributed by atoms with Crippen LogP contribution in [0.4, 0.5) is 5.95 Å². The first-order chi connectivity index (χ1) is 13.6. The Morgan fingerprint density at radius 1 is 1.25 bits per heavy atom. The highest BCUT2D eigenvalue weighted by Crippen LogP contribution is 2.23. The highest BCUT2D eigenvalue weighted by atomic mass is 79.9. The van der Waals surface area contributed by atoms with Gasteiger partial charge in [-0.05, 0) is 47.0 Å². The average Bonchev–Trinajstić information content (AvgIpc) is 3.15. The molecule has 1 aliphatic heterocycles. The van der Waals surface area contributed by atoms with Crippen molar-refractivity contribution in [3.63, 3.8) is 0 Å². The molecule has 2 N–H and O–H groups in total. The topological polar surface area (TPSA) is 87.5 Å². The number of nitrogens with one attached hydrogen (secondary N) is 2. The first kappa shape index (κ1) is 18.8. The fraction of sp³-hybridized carbons (Fsp3) is 0.368. The smallest absolute Gasteiger partial charge is 0.233 e. The molecule has 0 radical (unpaired) electrons. The minimum Gasteiger partial charge on any atom is -0.358 e. The predicted octanol–water partition coefficient (Wildman–Crippen LogP) is 2.18. The number of amides is 1. The SMILES string of the molecule is CNC(=O)CN1CCC(Nc2nccc(-c3cn4cccc(Br)c4n3)n2)CC1. The summed E-state index contributed by atoms with van der Waals surface area (Å²) in [5.41, 5.74) is 2.44. The second-order valence-corrected chi connectivity index (χ2v) is 7.70. The van der Waals surface area contributed by atoms with Gasteiger partial charge in [0.15, 0.2) is 5.65 Å². The van der Waals surface area contributed by atoms with E-state index in [1.54, 1.807) is 13.2 Å². The second-order valence-electron chi connectivity index (χ2n) is 6.85. The van der Waals surface area contributed by atoms with Crippen LogP contribution in [0.2, 0.25) is 0 Å². The molecular weight excluding hydrogens is 422 g/mol. The molecule has 0 saturated carbocycles. The Morgan fingerprint density at radius 3 is 2.82 bits per heavy atom. The summed E-state index contributed by atoms with van der Waals surface area (Å²) in [5, 5.41) is 6.10. The van der Waals surface area contributed by atoms with Crippen LogP contribution in [0.15, 0.2) is 41.3 Å². The number of halogens is 1. The zero-order valence-corrected chi connectivity index (χ0v) is 17.2. The minimum absolute atomic E-state index is 0.0570. The van der Waals surface area contributed by atoms with Crippen molar-refractivity contribution in [1.29, 1.82) is 0 Å². The van der Waals surface area contributed by atoms with Crippen LogP contribution >= 0.6 is 15.9 Å². The predicted molar refractivity (Wildman–Crippen MR) is 111 cm³/mol. The van der Waals surface area contributed by atoms with E-state index in [0.717, 1.165) is 47.4 Å². The van der Waals surface area contributed by atoms with Crippen LogP contribution in [-0.2, 0) is 4.79 Å². The third-order valence-electron chi connectivity index (χ3n) is 4.92. The third kappa shape index (κ3) is 4.15. The summed E-state index contributed by atoms with van der Waals surface area (Å²) in [6.07, 6.45) is 7.58.